The van der Waals surface area contributed by atoms with Gasteiger partial charge in [0.1, 0.15) is 5.82 Å². The second kappa shape index (κ2) is 9.26. The molecule has 0 unspecified atom stereocenters. The van der Waals surface area contributed by atoms with Crippen LogP contribution in [0.25, 0.3) is 11.4 Å². The zero-order chi connectivity index (χ0) is 21.6. The minimum atomic E-state index is -4.61. The standard InChI is InChI=1S/C19H20F4N6/c1-11(2)25-17-27-16(14-7-5-6-8-15(14)20)28-18(29-17)26-12(3)9-13(10-24-4)19(21,22)23/h5-11H,4H2,1-3H3,(H2,25,26,27,28,29)/b12-9+,13-10+. The second-order valence-corrected chi connectivity index (χ2v) is 6.30. The molecule has 0 spiro atoms. The van der Waals surface area contributed by atoms with Crippen LogP contribution in [0.15, 0.2) is 52.8 Å². The zero-order valence-electron chi connectivity index (χ0n) is 16.0. The van der Waals surface area contributed by atoms with E-state index in [1.807, 2.05) is 13.8 Å². The molecule has 0 saturated heterocycles. The van der Waals surface area contributed by atoms with Crippen molar-refractivity contribution in [3.63, 3.8) is 0 Å². The van der Waals surface area contributed by atoms with Gasteiger partial charge in [0.15, 0.2) is 5.82 Å². The van der Waals surface area contributed by atoms with E-state index in [4.69, 9.17) is 0 Å². The fourth-order valence-electron chi connectivity index (χ4n) is 2.25. The van der Waals surface area contributed by atoms with Crippen molar-refractivity contribution in [3.05, 3.63) is 53.6 Å². The average molecular weight is 408 g/mol. The Hall–Kier alpha value is -3.30. The molecule has 0 amide bonds. The number of halogens is 4. The number of aromatic nitrogens is 3. The number of nitrogens with one attached hydrogen (secondary N) is 2. The maximum atomic E-state index is 14.2. The van der Waals surface area contributed by atoms with E-state index < -0.39 is 17.6 Å². The van der Waals surface area contributed by atoms with Crippen molar-refractivity contribution in [2.24, 2.45) is 4.99 Å². The van der Waals surface area contributed by atoms with Crippen molar-refractivity contribution >= 4 is 18.6 Å². The summed E-state index contributed by atoms with van der Waals surface area (Å²) in [6.07, 6.45) is -3.15. The highest BCUT2D eigenvalue weighted by molar-refractivity contribution is 5.59. The Kier molecular flexibility index (Phi) is 7.03. The number of anilines is 2. The lowest BCUT2D eigenvalue weighted by molar-refractivity contribution is -0.0884. The Morgan fingerprint density at radius 3 is 2.38 bits per heavy atom. The number of allylic oxidation sites excluding steroid dienone is 3. The molecular formula is C19H20F4N6. The molecule has 0 fully saturated rings. The van der Waals surface area contributed by atoms with Crippen molar-refractivity contribution in [3.8, 4) is 11.4 Å². The van der Waals surface area contributed by atoms with E-state index in [2.05, 4.69) is 37.3 Å². The fraction of sp³-hybridized carbons (Fsp3) is 0.263. The van der Waals surface area contributed by atoms with Crippen LogP contribution in [0.1, 0.15) is 20.8 Å². The van der Waals surface area contributed by atoms with Gasteiger partial charge in [-0.3, -0.25) is 4.99 Å². The van der Waals surface area contributed by atoms with Crippen LogP contribution in [0.2, 0.25) is 0 Å². The molecule has 0 aliphatic carbocycles. The zero-order valence-corrected chi connectivity index (χ0v) is 16.0. The van der Waals surface area contributed by atoms with Gasteiger partial charge in [-0.25, -0.2) is 4.39 Å². The molecule has 2 aromatic rings. The number of rotatable bonds is 7. The minimum Gasteiger partial charge on any atom is -0.352 e. The molecule has 154 valence electrons. The first-order valence-corrected chi connectivity index (χ1v) is 8.56. The minimum absolute atomic E-state index is 0.0335. The van der Waals surface area contributed by atoms with Crippen LogP contribution in [-0.2, 0) is 0 Å². The highest BCUT2D eigenvalue weighted by Gasteiger charge is 2.32. The smallest absolute Gasteiger partial charge is 0.352 e. The lowest BCUT2D eigenvalue weighted by Crippen LogP contribution is -2.15. The summed E-state index contributed by atoms with van der Waals surface area (Å²) in [7, 11) is 0. The summed E-state index contributed by atoms with van der Waals surface area (Å²) in [6, 6.07) is 5.87. The molecule has 10 heteroatoms. The van der Waals surface area contributed by atoms with E-state index in [9.17, 15) is 17.6 Å². The van der Waals surface area contributed by atoms with E-state index in [-0.39, 0.29) is 35.0 Å². The molecule has 1 heterocycles. The molecule has 1 aromatic heterocycles. The normalized spacial score (nSPS) is 12.8. The Morgan fingerprint density at radius 1 is 1.14 bits per heavy atom. The lowest BCUT2D eigenvalue weighted by atomic mass is 10.2. The van der Waals surface area contributed by atoms with Gasteiger partial charge in [0.05, 0.1) is 11.1 Å². The highest BCUT2D eigenvalue weighted by Crippen LogP contribution is 2.28. The number of aliphatic imine (C=N–C) groups is 1. The van der Waals surface area contributed by atoms with Crippen molar-refractivity contribution < 1.29 is 17.6 Å². The monoisotopic (exact) mass is 408 g/mol. The van der Waals surface area contributed by atoms with E-state index in [0.717, 1.165) is 6.08 Å². The van der Waals surface area contributed by atoms with Gasteiger partial charge >= 0.3 is 6.18 Å². The maximum Gasteiger partial charge on any atom is 0.417 e. The van der Waals surface area contributed by atoms with Gasteiger partial charge in [-0.15, -0.1) is 0 Å². The third kappa shape index (κ3) is 6.37. The number of nitrogens with zero attached hydrogens (tertiary/aromatic N) is 4. The Morgan fingerprint density at radius 2 is 1.79 bits per heavy atom. The van der Waals surface area contributed by atoms with Gasteiger partial charge in [-0.1, -0.05) is 12.1 Å². The van der Waals surface area contributed by atoms with E-state index in [1.165, 1.54) is 25.1 Å². The van der Waals surface area contributed by atoms with Crippen molar-refractivity contribution in [1.29, 1.82) is 0 Å². The third-order valence-corrected chi connectivity index (χ3v) is 3.41. The van der Waals surface area contributed by atoms with Gasteiger partial charge < -0.3 is 10.6 Å². The Bertz CT molecular complexity index is 935. The molecule has 0 aliphatic rings. The van der Waals surface area contributed by atoms with Gasteiger partial charge in [-0.2, -0.15) is 28.1 Å². The predicted molar refractivity (Wildman–Crippen MR) is 105 cm³/mol. The molecule has 0 radical (unpaired) electrons. The quantitative estimate of drug-likeness (QED) is 0.385. The molecule has 2 rings (SSSR count). The molecule has 0 aliphatic heterocycles. The topological polar surface area (TPSA) is 75.1 Å². The van der Waals surface area contributed by atoms with Gasteiger partial charge in [0.25, 0.3) is 0 Å². The molecule has 29 heavy (non-hydrogen) atoms. The molecule has 0 atom stereocenters. The SMILES string of the molecule is C=N/C=C(\C=C(/C)Nc1nc(NC(C)C)nc(-c2ccccc2F)n1)C(F)(F)F. The molecular weight excluding hydrogens is 388 g/mol. The largest absolute Gasteiger partial charge is 0.417 e. The van der Waals surface area contributed by atoms with Crippen LogP contribution >= 0.6 is 0 Å². The summed E-state index contributed by atoms with van der Waals surface area (Å²) < 4.78 is 53.2. The number of hydrogen-bond donors (Lipinski definition) is 2. The maximum absolute atomic E-state index is 14.2. The fourth-order valence-corrected chi connectivity index (χ4v) is 2.25. The number of benzene rings is 1. The first-order valence-electron chi connectivity index (χ1n) is 8.56. The van der Waals surface area contributed by atoms with Gasteiger partial charge in [-0.05, 0) is 45.7 Å². The van der Waals surface area contributed by atoms with E-state index in [0.29, 0.717) is 6.20 Å². The van der Waals surface area contributed by atoms with E-state index >= 15 is 0 Å². The summed E-state index contributed by atoms with van der Waals surface area (Å²) in [4.78, 5) is 15.6. The number of alkyl halides is 3. The highest BCUT2D eigenvalue weighted by atomic mass is 19.4. The summed E-state index contributed by atoms with van der Waals surface area (Å²) in [5.41, 5.74) is -0.766. The van der Waals surface area contributed by atoms with Crippen LogP contribution in [0.4, 0.5) is 29.5 Å². The molecule has 0 saturated carbocycles. The lowest BCUT2D eigenvalue weighted by Gasteiger charge is -2.13. The van der Waals surface area contributed by atoms with Crippen LogP contribution in [0, 0.1) is 5.82 Å². The summed E-state index contributed by atoms with van der Waals surface area (Å²) >= 11 is 0. The van der Waals surface area contributed by atoms with Crippen molar-refractivity contribution in [2.45, 2.75) is 33.0 Å². The van der Waals surface area contributed by atoms with Crippen LogP contribution < -0.4 is 10.6 Å². The first kappa shape index (κ1) is 22.0. The average Bonchev–Trinajstić information content (AvgIpc) is 2.60. The second-order valence-electron chi connectivity index (χ2n) is 6.30. The van der Waals surface area contributed by atoms with Crippen LogP contribution in [0.5, 0.6) is 0 Å². The summed E-state index contributed by atoms with van der Waals surface area (Å²) in [5.74, 6) is -0.381. The predicted octanol–water partition coefficient (Wildman–Crippen LogP) is 4.96. The third-order valence-electron chi connectivity index (χ3n) is 3.41. The van der Waals surface area contributed by atoms with Gasteiger partial charge in [0.2, 0.25) is 11.9 Å². The Balaban J connectivity index is 2.45. The summed E-state index contributed by atoms with van der Waals surface area (Å²) in [5, 5.41) is 5.65. The van der Waals surface area contributed by atoms with Crippen LogP contribution in [0.3, 0.4) is 0 Å². The Labute approximate surface area is 165 Å². The van der Waals surface area contributed by atoms with E-state index in [1.54, 1.807) is 6.07 Å². The first-order chi connectivity index (χ1) is 13.6. The molecule has 2 N–H and O–H groups in total. The molecule has 6 nitrogen and oxygen atoms in total. The van der Waals surface area contributed by atoms with Gasteiger partial charge in [0, 0.05) is 17.9 Å². The molecule has 1 aromatic carbocycles. The van der Waals surface area contributed by atoms with Crippen molar-refractivity contribution in [2.75, 3.05) is 10.6 Å². The van der Waals surface area contributed by atoms with Crippen LogP contribution in [-0.4, -0.2) is 33.9 Å². The summed E-state index contributed by atoms with van der Waals surface area (Å²) in [6.45, 7) is 8.16. The number of hydrogen-bond acceptors (Lipinski definition) is 6. The molecule has 0 bridgehead atoms. The van der Waals surface area contributed by atoms with Crippen molar-refractivity contribution in [1.82, 2.24) is 15.0 Å².